The molecule has 0 spiro atoms. The molecule has 1 aliphatic carbocycles. The number of halogens is 1. The van der Waals surface area contributed by atoms with Crippen LogP contribution in [-0.2, 0) is 23.4 Å². The summed E-state index contributed by atoms with van der Waals surface area (Å²) in [5.74, 6) is 2.53. The Labute approximate surface area is 173 Å². The molecule has 1 atom stereocenters. The van der Waals surface area contributed by atoms with Gasteiger partial charge in [-0.15, -0.1) is 34.2 Å². The van der Waals surface area contributed by atoms with Gasteiger partial charge in [-0.1, -0.05) is 12.8 Å². The van der Waals surface area contributed by atoms with Crippen LogP contribution >= 0.6 is 24.0 Å². The molecular formula is C16H31IN6O2S. The van der Waals surface area contributed by atoms with Gasteiger partial charge >= 0.3 is 0 Å². The summed E-state index contributed by atoms with van der Waals surface area (Å²) >= 11 is 0. The number of aryl methyl sites for hydroxylation is 1. The molecule has 2 rings (SSSR count). The van der Waals surface area contributed by atoms with Gasteiger partial charge in [0, 0.05) is 25.4 Å². The van der Waals surface area contributed by atoms with Crippen molar-refractivity contribution in [2.75, 3.05) is 12.0 Å². The van der Waals surface area contributed by atoms with Crippen LogP contribution in [0.15, 0.2) is 4.99 Å². The van der Waals surface area contributed by atoms with E-state index < -0.39 is 9.84 Å². The zero-order valence-corrected chi connectivity index (χ0v) is 19.2. The maximum atomic E-state index is 11.4. The van der Waals surface area contributed by atoms with Gasteiger partial charge in [-0.2, -0.15) is 0 Å². The fourth-order valence-corrected chi connectivity index (χ4v) is 3.61. The summed E-state index contributed by atoms with van der Waals surface area (Å²) in [6.45, 7) is 4.31. The van der Waals surface area contributed by atoms with Gasteiger partial charge in [-0.25, -0.2) is 13.4 Å². The monoisotopic (exact) mass is 498 g/mol. The van der Waals surface area contributed by atoms with Crippen molar-refractivity contribution >= 4 is 39.8 Å². The number of rotatable bonds is 7. The average molecular weight is 498 g/mol. The third-order valence-electron chi connectivity index (χ3n) is 4.56. The number of nitrogens with one attached hydrogen (secondary N) is 2. The van der Waals surface area contributed by atoms with Crippen LogP contribution < -0.4 is 10.6 Å². The molecule has 1 saturated carbocycles. The molecule has 1 unspecified atom stereocenters. The maximum absolute atomic E-state index is 11.4. The predicted octanol–water partition coefficient (Wildman–Crippen LogP) is 1.54. The molecule has 1 aromatic rings. The van der Waals surface area contributed by atoms with Gasteiger partial charge in [0.2, 0.25) is 0 Å². The molecular weight excluding hydrogens is 467 g/mol. The molecule has 2 N–H and O–H groups in total. The normalized spacial score (nSPS) is 17.0. The van der Waals surface area contributed by atoms with Crippen LogP contribution in [0.3, 0.4) is 0 Å². The second kappa shape index (κ2) is 10.4. The summed E-state index contributed by atoms with van der Waals surface area (Å²) in [6.07, 6.45) is 6.56. The summed E-state index contributed by atoms with van der Waals surface area (Å²) in [4.78, 5) is 4.64. The first-order valence-electron chi connectivity index (χ1n) is 8.84. The molecule has 1 aromatic heterocycles. The fraction of sp³-hybridized carbons (Fsp3) is 0.812. The lowest BCUT2D eigenvalue weighted by Crippen LogP contribution is -2.46. The predicted molar refractivity (Wildman–Crippen MR) is 115 cm³/mol. The van der Waals surface area contributed by atoms with E-state index in [0.717, 1.165) is 24.5 Å². The highest BCUT2D eigenvalue weighted by Crippen LogP contribution is 2.17. The number of aromatic nitrogens is 3. The van der Waals surface area contributed by atoms with E-state index in [9.17, 15) is 8.42 Å². The number of aliphatic imine (C=N–C) groups is 1. The van der Waals surface area contributed by atoms with Gasteiger partial charge in [-0.3, -0.25) is 0 Å². The van der Waals surface area contributed by atoms with Crippen LogP contribution in [0.2, 0.25) is 0 Å². The van der Waals surface area contributed by atoms with E-state index in [0.29, 0.717) is 25.0 Å². The van der Waals surface area contributed by atoms with E-state index in [-0.39, 0.29) is 35.8 Å². The highest BCUT2D eigenvalue weighted by atomic mass is 127. The maximum Gasteiger partial charge on any atom is 0.192 e. The first kappa shape index (κ1) is 23.1. The van der Waals surface area contributed by atoms with Crippen molar-refractivity contribution in [3.8, 4) is 0 Å². The Hall–Kier alpha value is -0.910. The van der Waals surface area contributed by atoms with Crippen molar-refractivity contribution < 1.29 is 8.42 Å². The number of guanidine groups is 1. The van der Waals surface area contributed by atoms with Crippen molar-refractivity contribution in [1.29, 1.82) is 0 Å². The number of nitrogens with zero attached hydrogens (tertiary/aromatic N) is 4. The van der Waals surface area contributed by atoms with Crippen LogP contribution in [0.5, 0.6) is 0 Å². The molecule has 1 heterocycles. The Morgan fingerprint density at radius 1 is 1.35 bits per heavy atom. The number of sulfone groups is 1. The van der Waals surface area contributed by atoms with Crippen LogP contribution in [0.25, 0.3) is 0 Å². The minimum Gasteiger partial charge on any atom is -0.354 e. The van der Waals surface area contributed by atoms with Gasteiger partial charge in [0.15, 0.2) is 11.8 Å². The molecule has 0 saturated heterocycles. The van der Waals surface area contributed by atoms with Crippen molar-refractivity contribution in [1.82, 2.24) is 25.4 Å². The van der Waals surface area contributed by atoms with E-state index in [2.05, 4.69) is 25.8 Å². The van der Waals surface area contributed by atoms with Crippen molar-refractivity contribution in [2.24, 2.45) is 12.0 Å². The minimum atomic E-state index is -2.96. The first-order valence-corrected chi connectivity index (χ1v) is 10.9. The number of hydrogen-bond acceptors (Lipinski definition) is 5. The van der Waals surface area contributed by atoms with Crippen LogP contribution in [0.4, 0.5) is 0 Å². The standard InChI is InChI=1S/C16H30N6O2S.HI/c1-12(9-10-25(4,23)24)18-16(19-14-7-5-6-8-14)17-11-15-21-20-13(2)22(15)3;/h12,14H,5-11H2,1-4H3,(H2,17,18,19);1H. The summed E-state index contributed by atoms with van der Waals surface area (Å²) < 4.78 is 24.6. The van der Waals surface area contributed by atoms with Gasteiger partial charge in [0.25, 0.3) is 0 Å². The first-order chi connectivity index (χ1) is 11.7. The molecule has 0 amide bonds. The molecule has 0 radical (unpaired) electrons. The Kier molecular flexibility index (Phi) is 9.28. The minimum absolute atomic E-state index is 0. The van der Waals surface area contributed by atoms with Gasteiger partial charge in [0.1, 0.15) is 22.2 Å². The topological polar surface area (TPSA) is 101 Å². The van der Waals surface area contributed by atoms with Crippen LogP contribution in [-0.4, -0.2) is 53.2 Å². The second-order valence-corrected chi connectivity index (χ2v) is 9.24. The molecule has 26 heavy (non-hydrogen) atoms. The van der Waals surface area contributed by atoms with E-state index in [1.165, 1.54) is 19.1 Å². The molecule has 8 nitrogen and oxygen atoms in total. The summed E-state index contributed by atoms with van der Waals surface area (Å²) in [6, 6.07) is 0.443. The Balaban J connectivity index is 0.00000338. The highest BCUT2D eigenvalue weighted by Gasteiger charge is 2.18. The Morgan fingerprint density at radius 2 is 2.00 bits per heavy atom. The summed E-state index contributed by atoms with van der Waals surface area (Å²) in [5.41, 5.74) is 0. The third-order valence-corrected chi connectivity index (χ3v) is 5.54. The molecule has 0 bridgehead atoms. The van der Waals surface area contributed by atoms with Gasteiger partial charge < -0.3 is 15.2 Å². The Bertz CT molecular complexity index is 698. The SMILES string of the molecule is Cc1nnc(CN=C(NC(C)CCS(C)(=O)=O)NC2CCCC2)n1C.I. The Morgan fingerprint density at radius 3 is 2.54 bits per heavy atom. The van der Waals surface area contributed by atoms with Gasteiger partial charge in [0.05, 0.1) is 5.75 Å². The molecule has 0 aromatic carbocycles. The molecule has 1 fully saturated rings. The van der Waals surface area contributed by atoms with Crippen molar-refractivity contribution in [3.63, 3.8) is 0 Å². The van der Waals surface area contributed by atoms with Crippen molar-refractivity contribution in [2.45, 2.75) is 64.6 Å². The van der Waals surface area contributed by atoms with Gasteiger partial charge in [-0.05, 0) is 33.1 Å². The molecule has 1 aliphatic rings. The average Bonchev–Trinajstić information content (AvgIpc) is 3.14. The zero-order valence-electron chi connectivity index (χ0n) is 16.0. The number of hydrogen-bond donors (Lipinski definition) is 2. The molecule has 0 aliphatic heterocycles. The second-order valence-electron chi connectivity index (χ2n) is 6.98. The lowest BCUT2D eigenvalue weighted by molar-refractivity contribution is 0.564. The van der Waals surface area contributed by atoms with E-state index in [4.69, 9.17) is 0 Å². The van der Waals surface area contributed by atoms with E-state index in [1.54, 1.807) is 0 Å². The molecule has 10 heteroatoms. The van der Waals surface area contributed by atoms with E-state index in [1.807, 2.05) is 25.5 Å². The van der Waals surface area contributed by atoms with Crippen LogP contribution in [0.1, 0.15) is 50.7 Å². The lowest BCUT2D eigenvalue weighted by atomic mass is 10.2. The summed E-state index contributed by atoms with van der Waals surface area (Å²) in [5, 5.41) is 15.0. The smallest absolute Gasteiger partial charge is 0.192 e. The fourth-order valence-electron chi connectivity index (χ4n) is 2.83. The quantitative estimate of drug-likeness (QED) is 0.336. The van der Waals surface area contributed by atoms with Crippen LogP contribution in [0, 0.1) is 6.92 Å². The third kappa shape index (κ3) is 7.77. The zero-order chi connectivity index (χ0) is 18.4. The summed E-state index contributed by atoms with van der Waals surface area (Å²) in [7, 11) is -1.03. The highest BCUT2D eigenvalue weighted by molar-refractivity contribution is 14.0. The lowest BCUT2D eigenvalue weighted by Gasteiger charge is -2.21. The van der Waals surface area contributed by atoms with E-state index >= 15 is 0 Å². The van der Waals surface area contributed by atoms with Crippen molar-refractivity contribution in [3.05, 3.63) is 11.6 Å². The largest absolute Gasteiger partial charge is 0.354 e. The molecule has 150 valence electrons.